The molecule has 1 aromatic carbocycles. The minimum atomic E-state index is -0.558. The van der Waals surface area contributed by atoms with Crippen molar-refractivity contribution in [2.45, 2.75) is 38.2 Å². The predicted octanol–water partition coefficient (Wildman–Crippen LogP) is 2.61. The van der Waals surface area contributed by atoms with Crippen molar-refractivity contribution < 1.29 is 19.0 Å². The maximum Gasteiger partial charge on any atom is 0.176 e. The number of aliphatic hydroxyl groups is 1. The summed E-state index contributed by atoms with van der Waals surface area (Å²) in [6.45, 7) is 4.95. The number of fused-ring (bicyclic) bond motifs is 2. The lowest BCUT2D eigenvalue weighted by atomic mass is 10.1. The van der Waals surface area contributed by atoms with Gasteiger partial charge in [0.25, 0.3) is 0 Å². The minimum absolute atomic E-state index is 0.0194. The van der Waals surface area contributed by atoms with Crippen molar-refractivity contribution in [2.75, 3.05) is 13.2 Å². The summed E-state index contributed by atoms with van der Waals surface area (Å²) >= 11 is 0. The third-order valence-corrected chi connectivity index (χ3v) is 5.32. The maximum absolute atomic E-state index is 9.97. The number of ether oxygens (including phenoxy) is 2. The number of rotatable bonds is 2. The molecule has 6 heteroatoms. The first-order valence-corrected chi connectivity index (χ1v) is 8.57. The molecule has 0 bridgehead atoms. The number of aryl methyl sites for hydroxylation is 2. The molecular formula is C19H20N2O4. The largest absolute Gasteiger partial charge is 0.453 e. The van der Waals surface area contributed by atoms with Crippen LogP contribution >= 0.6 is 0 Å². The lowest BCUT2D eigenvalue weighted by Gasteiger charge is -2.19. The summed E-state index contributed by atoms with van der Waals surface area (Å²) in [5.74, 6) is 1.54. The fourth-order valence-electron chi connectivity index (χ4n) is 4.00. The Hall–Kier alpha value is -2.15. The molecule has 4 heterocycles. The van der Waals surface area contributed by atoms with E-state index in [9.17, 15) is 5.11 Å². The quantitative estimate of drug-likeness (QED) is 0.776. The molecule has 4 atom stereocenters. The fraction of sp³-hybridized carbons (Fsp3) is 0.421. The predicted molar refractivity (Wildman–Crippen MR) is 91.4 cm³/mol. The SMILES string of the molecule is Cc1ccc2oc(-c3nccn3[C@@H]3CO[C@H]4[C@@H]3OC[C@H]4O)c(C)c2c1. The van der Waals surface area contributed by atoms with E-state index in [2.05, 4.69) is 29.5 Å². The van der Waals surface area contributed by atoms with Gasteiger partial charge in [0.05, 0.1) is 19.3 Å². The Kier molecular flexibility index (Phi) is 3.28. The van der Waals surface area contributed by atoms with Crippen LogP contribution in [0.25, 0.3) is 22.6 Å². The average molecular weight is 340 g/mol. The van der Waals surface area contributed by atoms with Crippen LogP contribution in [0.1, 0.15) is 17.2 Å². The summed E-state index contributed by atoms with van der Waals surface area (Å²) in [7, 11) is 0. The Labute approximate surface area is 145 Å². The summed E-state index contributed by atoms with van der Waals surface area (Å²) < 4.78 is 19.7. The molecule has 0 amide bonds. The number of aliphatic hydroxyl groups excluding tert-OH is 1. The summed E-state index contributed by atoms with van der Waals surface area (Å²) in [5.41, 5.74) is 3.14. The van der Waals surface area contributed by atoms with E-state index in [0.717, 1.165) is 28.1 Å². The summed E-state index contributed by atoms with van der Waals surface area (Å²) in [4.78, 5) is 4.54. The molecule has 2 aromatic heterocycles. The first kappa shape index (κ1) is 15.1. The van der Waals surface area contributed by atoms with Gasteiger partial charge in [-0.15, -0.1) is 0 Å². The molecule has 3 aromatic rings. The Morgan fingerprint density at radius 2 is 2.00 bits per heavy atom. The molecule has 6 nitrogen and oxygen atoms in total. The zero-order chi connectivity index (χ0) is 17.1. The fourth-order valence-corrected chi connectivity index (χ4v) is 4.00. The third kappa shape index (κ3) is 2.18. The van der Waals surface area contributed by atoms with Gasteiger partial charge in [0.15, 0.2) is 11.6 Å². The van der Waals surface area contributed by atoms with Crippen LogP contribution in [0.4, 0.5) is 0 Å². The second-order valence-corrected chi connectivity index (χ2v) is 6.94. The number of benzene rings is 1. The number of furan rings is 1. The van der Waals surface area contributed by atoms with E-state index in [1.807, 2.05) is 18.3 Å². The molecule has 1 N–H and O–H groups in total. The zero-order valence-corrected chi connectivity index (χ0v) is 14.2. The van der Waals surface area contributed by atoms with Gasteiger partial charge in [0, 0.05) is 23.3 Å². The maximum atomic E-state index is 9.97. The van der Waals surface area contributed by atoms with E-state index >= 15 is 0 Å². The molecule has 0 aliphatic carbocycles. The molecule has 25 heavy (non-hydrogen) atoms. The van der Waals surface area contributed by atoms with Gasteiger partial charge >= 0.3 is 0 Å². The van der Waals surface area contributed by atoms with Gasteiger partial charge in [0.2, 0.25) is 0 Å². The van der Waals surface area contributed by atoms with Gasteiger partial charge in [0.1, 0.15) is 23.9 Å². The number of hydrogen-bond acceptors (Lipinski definition) is 5. The molecule has 0 spiro atoms. The number of imidazole rings is 1. The molecule has 0 radical (unpaired) electrons. The summed E-state index contributed by atoms with van der Waals surface area (Å²) in [6, 6.07) is 6.16. The first-order valence-electron chi connectivity index (χ1n) is 8.57. The van der Waals surface area contributed by atoms with E-state index in [1.54, 1.807) is 6.20 Å². The molecule has 2 fully saturated rings. The summed E-state index contributed by atoms with van der Waals surface area (Å²) in [6.07, 6.45) is 2.72. The number of nitrogens with zero attached hydrogens (tertiary/aromatic N) is 2. The van der Waals surface area contributed by atoms with Crippen molar-refractivity contribution in [1.29, 1.82) is 0 Å². The van der Waals surface area contributed by atoms with Gasteiger partial charge in [-0.2, -0.15) is 0 Å². The smallest absolute Gasteiger partial charge is 0.176 e. The Morgan fingerprint density at radius 1 is 1.16 bits per heavy atom. The van der Waals surface area contributed by atoms with Gasteiger partial charge in [-0.3, -0.25) is 0 Å². The van der Waals surface area contributed by atoms with Crippen LogP contribution in [0.2, 0.25) is 0 Å². The normalized spacial score (nSPS) is 28.8. The summed E-state index contributed by atoms with van der Waals surface area (Å²) in [5, 5.41) is 11.1. The minimum Gasteiger partial charge on any atom is -0.453 e. The van der Waals surface area contributed by atoms with Crippen LogP contribution in [-0.2, 0) is 9.47 Å². The molecule has 2 saturated heterocycles. The van der Waals surface area contributed by atoms with Crippen LogP contribution in [0.15, 0.2) is 35.0 Å². The first-order chi connectivity index (χ1) is 12.1. The number of aromatic nitrogens is 2. The molecule has 0 unspecified atom stereocenters. The van der Waals surface area contributed by atoms with Crippen LogP contribution in [0.5, 0.6) is 0 Å². The highest BCUT2D eigenvalue weighted by Crippen LogP contribution is 2.38. The molecule has 0 saturated carbocycles. The van der Waals surface area contributed by atoms with Gasteiger partial charge in [-0.05, 0) is 26.0 Å². The second-order valence-electron chi connectivity index (χ2n) is 6.94. The monoisotopic (exact) mass is 340 g/mol. The van der Waals surface area contributed by atoms with Crippen molar-refractivity contribution in [3.8, 4) is 11.6 Å². The highest BCUT2D eigenvalue weighted by atomic mass is 16.6. The molecule has 2 aliphatic heterocycles. The van der Waals surface area contributed by atoms with Gasteiger partial charge in [-0.1, -0.05) is 11.6 Å². The Balaban J connectivity index is 1.59. The lowest BCUT2D eigenvalue weighted by Crippen LogP contribution is -2.30. The molecule has 5 rings (SSSR count). The van der Waals surface area contributed by atoms with Gasteiger partial charge in [-0.25, -0.2) is 4.98 Å². The van der Waals surface area contributed by atoms with Crippen LogP contribution in [0, 0.1) is 13.8 Å². The van der Waals surface area contributed by atoms with Crippen molar-refractivity contribution in [3.05, 3.63) is 41.7 Å². The highest BCUT2D eigenvalue weighted by molar-refractivity contribution is 5.87. The van der Waals surface area contributed by atoms with E-state index in [1.165, 1.54) is 5.56 Å². The molecule has 2 aliphatic rings. The number of hydrogen-bond donors (Lipinski definition) is 1. The second kappa shape index (κ2) is 5.42. The zero-order valence-electron chi connectivity index (χ0n) is 14.2. The Morgan fingerprint density at radius 3 is 2.88 bits per heavy atom. The van der Waals surface area contributed by atoms with Crippen LogP contribution in [0.3, 0.4) is 0 Å². The van der Waals surface area contributed by atoms with E-state index in [0.29, 0.717) is 13.2 Å². The molecule has 130 valence electrons. The van der Waals surface area contributed by atoms with Crippen LogP contribution < -0.4 is 0 Å². The van der Waals surface area contributed by atoms with Crippen LogP contribution in [-0.4, -0.2) is 46.2 Å². The van der Waals surface area contributed by atoms with Crippen molar-refractivity contribution in [2.24, 2.45) is 0 Å². The van der Waals surface area contributed by atoms with Gasteiger partial charge < -0.3 is 23.6 Å². The van der Waals surface area contributed by atoms with Crippen molar-refractivity contribution in [1.82, 2.24) is 9.55 Å². The molecular weight excluding hydrogens is 320 g/mol. The van der Waals surface area contributed by atoms with E-state index < -0.39 is 6.10 Å². The lowest BCUT2D eigenvalue weighted by molar-refractivity contribution is 0.0172. The Bertz CT molecular complexity index is 944. The topological polar surface area (TPSA) is 69.7 Å². The van der Waals surface area contributed by atoms with Crippen molar-refractivity contribution >= 4 is 11.0 Å². The standard InChI is InChI=1S/C19H20N2O4/c1-10-3-4-15-12(7-10)11(2)16(25-15)19-20-5-6-21(19)13-8-23-18-14(22)9-24-17(13)18/h3-7,13-14,17-18,22H,8-9H2,1-2H3/t13-,14-,17-,18-/m1/s1. The van der Waals surface area contributed by atoms with E-state index in [4.69, 9.17) is 13.9 Å². The third-order valence-electron chi connectivity index (χ3n) is 5.32. The van der Waals surface area contributed by atoms with Crippen molar-refractivity contribution in [3.63, 3.8) is 0 Å². The van der Waals surface area contributed by atoms with E-state index in [-0.39, 0.29) is 18.2 Å². The highest BCUT2D eigenvalue weighted by Gasteiger charge is 2.48. The average Bonchev–Trinajstić information content (AvgIpc) is 3.34.